The van der Waals surface area contributed by atoms with Gasteiger partial charge in [-0.05, 0) is 46.6 Å². The third kappa shape index (κ3) is 5.07. The minimum Gasteiger partial charge on any atom is -0.507 e. The molecule has 0 saturated carbocycles. The Hall–Kier alpha value is -1.40. The highest BCUT2D eigenvalue weighted by molar-refractivity contribution is 5.85. The molecule has 26 heavy (non-hydrogen) atoms. The lowest BCUT2D eigenvalue weighted by Crippen LogP contribution is -2.42. The summed E-state index contributed by atoms with van der Waals surface area (Å²) in [5.41, 5.74) is 5.87. The molecule has 0 aromatic heterocycles. The fraction of sp³-hybridized carbons (Fsp3) is 0.632. The monoisotopic (exact) mass is 393 g/mol. The first-order valence-electron chi connectivity index (χ1n) is 8.32. The van der Waals surface area contributed by atoms with Crippen LogP contribution in [0.5, 0.6) is 5.75 Å². The molecule has 4 nitrogen and oxygen atoms in total. The lowest BCUT2D eigenvalue weighted by atomic mass is 9.77. The summed E-state index contributed by atoms with van der Waals surface area (Å²) in [7, 11) is 0. The lowest BCUT2D eigenvalue weighted by molar-refractivity contribution is -0.174. The van der Waals surface area contributed by atoms with E-state index in [1.165, 1.54) is 19.1 Å². The number of alkyl halides is 2. The maximum atomic E-state index is 14.4. The predicted octanol–water partition coefficient (Wildman–Crippen LogP) is 4.61. The van der Waals surface area contributed by atoms with Crippen molar-refractivity contribution in [3.8, 4) is 5.75 Å². The second kappa shape index (κ2) is 8.09. The molecule has 0 aliphatic carbocycles. The minimum absolute atomic E-state index is 0. The van der Waals surface area contributed by atoms with E-state index in [0.717, 1.165) is 0 Å². The van der Waals surface area contributed by atoms with Crippen LogP contribution >= 0.6 is 12.4 Å². The van der Waals surface area contributed by atoms with E-state index < -0.39 is 28.8 Å². The molecule has 0 fully saturated rings. The van der Waals surface area contributed by atoms with Crippen molar-refractivity contribution in [3.63, 3.8) is 0 Å². The van der Waals surface area contributed by atoms with Gasteiger partial charge < -0.3 is 15.6 Å². The predicted molar refractivity (Wildman–Crippen MR) is 101 cm³/mol. The number of carbonyl (C=O) groups is 1. The second-order valence-corrected chi connectivity index (χ2v) is 8.29. The highest BCUT2D eigenvalue weighted by Crippen LogP contribution is 2.42. The standard InChI is InChI=1S/C19H29F2NO3.ClH/c1-8-25-16(24)19(20,21)15(22)11-9-12(17(2,3)4)14(23)13(10-11)18(5,6)7;/h9-10,15,23H,8,22H2,1-7H3;1H/t15-;/m1./s1. The first-order valence-corrected chi connectivity index (χ1v) is 8.32. The number of hydrogen-bond acceptors (Lipinski definition) is 4. The normalized spacial score (nSPS) is 13.8. The van der Waals surface area contributed by atoms with E-state index >= 15 is 0 Å². The van der Waals surface area contributed by atoms with Crippen LogP contribution in [0.25, 0.3) is 0 Å². The zero-order chi connectivity index (χ0) is 19.8. The van der Waals surface area contributed by atoms with Crippen LogP contribution in [-0.2, 0) is 20.4 Å². The number of aromatic hydroxyl groups is 1. The zero-order valence-corrected chi connectivity index (χ0v) is 17.3. The maximum Gasteiger partial charge on any atom is 0.379 e. The Bertz CT molecular complexity index is 614. The van der Waals surface area contributed by atoms with Gasteiger partial charge in [0.1, 0.15) is 11.8 Å². The summed E-state index contributed by atoms with van der Waals surface area (Å²) in [6.45, 7) is 12.5. The summed E-state index contributed by atoms with van der Waals surface area (Å²) in [5, 5.41) is 10.6. The summed E-state index contributed by atoms with van der Waals surface area (Å²) < 4.78 is 33.2. The Morgan fingerprint density at radius 3 is 1.81 bits per heavy atom. The third-order valence-electron chi connectivity index (χ3n) is 4.05. The van der Waals surface area contributed by atoms with Gasteiger partial charge in [0, 0.05) is 0 Å². The third-order valence-corrected chi connectivity index (χ3v) is 4.05. The Balaban J connectivity index is 0.00000625. The second-order valence-electron chi connectivity index (χ2n) is 8.29. The number of ether oxygens (including phenoxy) is 1. The van der Waals surface area contributed by atoms with Gasteiger partial charge in [-0.2, -0.15) is 8.78 Å². The molecule has 1 atom stereocenters. The van der Waals surface area contributed by atoms with Crippen LogP contribution in [0.1, 0.15) is 71.2 Å². The molecule has 150 valence electrons. The van der Waals surface area contributed by atoms with E-state index in [2.05, 4.69) is 4.74 Å². The summed E-state index contributed by atoms with van der Waals surface area (Å²) in [6.07, 6.45) is 0. The molecular formula is C19H30ClF2NO3. The van der Waals surface area contributed by atoms with Crippen molar-refractivity contribution < 1.29 is 23.4 Å². The first-order chi connectivity index (χ1) is 11.1. The number of phenolic OH excluding ortho intramolecular Hbond substituents is 1. The average molecular weight is 394 g/mol. The number of halogens is 3. The number of hydrogen-bond donors (Lipinski definition) is 2. The van der Waals surface area contributed by atoms with Crippen LogP contribution in [0, 0.1) is 0 Å². The smallest absolute Gasteiger partial charge is 0.379 e. The van der Waals surface area contributed by atoms with Crippen LogP contribution in [0.3, 0.4) is 0 Å². The van der Waals surface area contributed by atoms with Crippen molar-refractivity contribution in [2.75, 3.05) is 6.61 Å². The molecule has 0 unspecified atom stereocenters. The molecule has 0 saturated heterocycles. The number of carbonyl (C=O) groups excluding carboxylic acids is 1. The first kappa shape index (κ1) is 24.6. The van der Waals surface area contributed by atoms with E-state index in [0.29, 0.717) is 11.1 Å². The molecular weight excluding hydrogens is 364 g/mol. The van der Waals surface area contributed by atoms with Crippen LogP contribution in [0.4, 0.5) is 8.78 Å². The van der Waals surface area contributed by atoms with Crippen molar-refractivity contribution in [3.05, 3.63) is 28.8 Å². The van der Waals surface area contributed by atoms with Crippen molar-refractivity contribution in [1.29, 1.82) is 0 Å². The molecule has 3 N–H and O–H groups in total. The fourth-order valence-corrected chi connectivity index (χ4v) is 2.54. The molecule has 1 rings (SSSR count). The van der Waals surface area contributed by atoms with E-state index in [-0.39, 0.29) is 30.3 Å². The molecule has 0 aliphatic rings. The molecule has 1 aromatic carbocycles. The van der Waals surface area contributed by atoms with Crippen LogP contribution in [0.15, 0.2) is 12.1 Å². The van der Waals surface area contributed by atoms with Gasteiger partial charge in [0.05, 0.1) is 6.61 Å². The maximum absolute atomic E-state index is 14.4. The molecule has 1 aromatic rings. The molecule has 0 radical (unpaired) electrons. The molecule has 0 spiro atoms. The van der Waals surface area contributed by atoms with Gasteiger partial charge in [0.15, 0.2) is 0 Å². The number of benzene rings is 1. The Morgan fingerprint density at radius 2 is 1.50 bits per heavy atom. The van der Waals surface area contributed by atoms with Crippen molar-refractivity contribution >= 4 is 18.4 Å². The van der Waals surface area contributed by atoms with Crippen molar-refractivity contribution in [1.82, 2.24) is 0 Å². The summed E-state index contributed by atoms with van der Waals surface area (Å²) >= 11 is 0. The van der Waals surface area contributed by atoms with Crippen LogP contribution < -0.4 is 5.73 Å². The van der Waals surface area contributed by atoms with E-state index in [1.807, 2.05) is 41.5 Å². The molecule has 0 heterocycles. The van der Waals surface area contributed by atoms with Gasteiger partial charge in [0.2, 0.25) is 0 Å². The van der Waals surface area contributed by atoms with Crippen LogP contribution in [0.2, 0.25) is 0 Å². The molecule has 0 aliphatic heterocycles. The largest absolute Gasteiger partial charge is 0.507 e. The topological polar surface area (TPSA) is 72.5 Å². The quantitative estimate of drug-likeness (QED) is 0.733. The summed E-state index contributed by atoms with van der Waals surface area (Å²) in [4.78, 5) is 11.6. The number of rotatable bonds is 4. The van der Waals surface area contributed by atoms with E-state index in [1.54, 1.807) is 0 Å². The molecule has 7 heteroatoms. The van der Waals surface area contributed by atoms with Gasteiger partial charge in [-0.15, -0.1) is 12.4 Å². The van der Waals surface area contributed by atoms with Crippen molar-refractivity contribution in [2.24, 2.45) is 5.73 Å². The van der Waals surface area contributed by atoms with E-state index in [9.17, 15) is 18.7 Å². The molecule has 0 bridgehead atoms. The number of nitrogens with two attached hydrogens (primary N) is 1. The highest BCUT2D eigenvalue weighted by Gasteiger charge is 2.48. The SMILES string of the molecule is CCOC(=O)C(F)(F)[C@H](N)c1cc(C(C)(C)C)c(O)c(C(C)(C)C)c1.Cl. The van der Waals surface area contributed by atoms with Gasteiger partial charge in [-0.25, -0.2) is 4.79 Å². The number of esters is 1. The average Bonchev–Trinajstić information content (AvgIpc) is 2.44. The summed E-state index contributed by atoms with van der Waals surface area (Å²) in [5.74, 6) is -5.45. The summed E-state index contributed by atoms with van der Waals surface area (Å²) in [6, 6.07) is 1.03. The van der Waals surface area contributed by atoms with Gasteiger partial charge in [-0.1, -0.05) is 41.5 Å². The van der Waals surface area contributed by atoms with Gasteiger partial charge >= 0.3 is 11.9 Å². The minimum atomic E-state index is -3.86. The molecule has 0 amide bonds. The van der Waals surface area contributed by atoms with Crippen LogP contribution in [-0.4, -0.2) is 23.6 Å². The van der Waals surface area contributed by atoms with Gasteiger partial charge in [-0.3, -0.25) is 0 Å². The van der Waals surface area contributed by atoms with Gasteiger partial charge in [0.25, 0.3) is 0 Å². The van der Waals surface area contributed by atoms with Crippen molar-refractivity contribution in [2.45, 2.75) is 71.3 Å². The fourth-order valence-electron chi connectivity index (χ4n) is 2.54. The zero-order valence-electron chi connectivity index (χ0n) is 16.4. The lowest BCUT2D eigenvalue weighted by Gasteiger charge is -2.30. The number of phenols is 1. The Kier molecular flexibility index (Phi) is 7.65. The Labute approximate surface area is 160 Å². The highest BCUT2D eigenvalue weighted by atomic mass is 35.5. The van der Waals surface area contributed by atoms with E-state index in [4.69, 9.17) is 5.73 Å². The Morgan fingerprint density at radius 1 is 1.12 bits per heavy atom.